The molecule has 1 amide bonds. The van der Waals surface area contributed by atoms with Gasteiger partial charge < -0.3 is 15.0 Å². The van der Waals surface area contributed by atoms with Gasteiger partial charge in [-0.2, -0.15) is 18.4 Å². The van der Waals surface area contributed by atoms with E-state index in [1.165, 1.54) is 11.0 Å². The number of amides is 1. The molecule has 2 aliphatic heterocycles. The van der Waals surface area contributed by atoms with Crippen LogP contribution in [-0.2, 0) is 26.3 Å². The quantitative estimate of drug-likeness (QED) is 0.263. The minimum absolute atomic E-state index is 0.0205. The summed E-state index contributed by atoms with van der Waals surface area (Å²) in [5.74, 6) is 0.387. The third-order valence-corrected chi connectivity index (χ3v) is 9.37. The fourth-order valence-corrected chi connectivity index (χ4v) is 6.73. The molecule has 1 unspecified atom stereocenters. The molecule has 2 aromatic carbocycles. The predicted molar refractivity (Wildman–Crippen MR) is 168 cm³/mol. The van der Waals surface area contributed by atoms with Gasteiger partial charge in [0.15, 0.2) is 5.82 Å². The first-order valence-corrected chi connectivity index (χ1v) is 15.5. The van der Waals surface area contributed by atoms with Crippen LogP contribution in [0, 0.1) is 16.7 Å². The lowest BCUT2D eigenvalue weighted by atomic mass is 9.97. The second-order valence-electron chi connectivity index (χ2n) is 13.0. The lowest BCUT2D eigenvalue weighted by molar-refractivity contribution is -0.138. The summed E-state index contributed by atoms with van der Waals surface area (Å²) in [6.07, 6.45) is -0.450. The van der Waals surface area contributed by atoms with Crippen LogP contribution in [0.1, 0.15) is 58.8 Å². The van der Waals surface area contributed by atoms with Gasteiger partial charge in [0.1, 0.15) is 18.0 Å². The van der Waals surface area contributed by atoms with Gasteiger partial charge >= 0.3 is 6.18 Å². The van der Waals surface area contributed by atoms with Crippen molar-refractivity contribution in [2.45, 2.75) is 51.6 Å². The summed E-state index contributed by atoms with van der Waals surface area (Å²) in [7, 11) is 1.78. The Kier molecular flexibility index (Phi) is 7.52. The van der Waals surface area contributed by atoms with Crippen molar-refractivity contribution in [3.8, 4) is 28.6 Å². The highest BCUT2D eigenvalue weighted by Gasteiger charge is 2.47. The number of aryl methyl sites for hydroxylation is 1. The summed E-state index contributed by atoms with van der Waals surface area (Å²) in [6, 6.07) is 13.4. The minimum atomic E-state index is -4.65. The molecule has 2 aromatic heterocycles. The molecule has 7 rings (SSSR count). The molecule has 4 aromatic rings. The van der Waals surface area contributed by atoms with Gasteiger partial charge in [0, 0.05) is 37.8 Å². The number of alkyl halides is 3. The summed E-state index contributed by atoms with van der Waals surface area (Å²) >= 11 is 0. The SMILES string of the molecule is CC(O)CNc1cc(-c2cc(C#N)ccc2-c2nncn2C)cc(N2Cc3c(cc(CN4CCC5(CC5)C4)cc3C(F)(F)F)C2=O)n1. The van der Waals surface area contributed by atoms with Crippen LogP contribution in [0.5, 0.6) is 0 Å². The summed E-state index contributed by atoms with van der Waals surface area (Å²) in [5.41, 5.74) is 2.08. The van der Waals surface area contributed by atoms with E-state index in [-0.39, 0.29) is 30.0 Å². The van der Waals surface area contributed by atoms with Crippen molar-refractivity contribution in [3.05, 3.63) is 76.6 Å². The largest absolute Gasteiger partial charge is 0.416 e. The molecule has 4 heterocycles. The molecule has 2 fully saturated rings. The van der Waals surface area contributed by atoms with Crippen LogP contribution in [0.2, 0.25) is 0 Å². The second-order valence-corrected chi connectivity index (χ2v) is 13.0. The zero-order valence-corrected chi connectivity index (χ0v) is 26.0. The molecule has 1 saturated heterocycles. The number of nitriles is 1. The van der Waals surface area contributed by atoms with Crippen LogP contribution in [0.15, 0.2) is 48.8 Å². The van der Waals surface area contributed by atoms with Gasteiger partial charge in [0.2, 0.25) is 0 Å². The number of hydrogen-bond donors (Lipinski definition) is 2. The van der Waals surface area contributed by atoms with Crippen LogP contribution in [-0.4, -0.2) is 61.4 Å². The van der Waals surface area contributed by atoms with Crippen molar-refractivity contribution in [2.24, 2.45) is 12.5 Å². The molecular formula is C34H33F3N8O2. The number of pyridine rings is 1. The van der Waals surface area contributed by atoms with E-state index in [9.17, 15) is 28.3 Å². The van der Waals surface area contributed by atoms with Crippen LogP contribution < -0.4 is 10.2 Å². The predicted octanol–water partition coefficient (Wildman–Crippen LogP) is 5.37. The number of nitrogens with one attached hydrogen (secondary N) is 1. The standard InChI is InChI=1S/C34H33F3N8O2/c1-20(46)15-39-29-12-23(25-9-21(14-38)3-4-24(25)31-42-40-19-43(31)2)13-30(41-29)45-17-27-26(32(45)47)10-22(11-28(27)34(35,36)37)16-44-8-7-33(18-44)5-6-33/h3-4,9-13,19-20,46H,5-8,15-18H2,1-2H3,(H,39,41). The van der Waals surface area contributed by atoms with Gasteiger partial charge in [-0.1, -0.05) is 0 Å². The molecule has 1 spiro atoms. The highest BCUT2D eigenvalue weighted by Crippen LogP contribution is 2.53. The van der Waals surface area contributed by atoms with Crippen LogP contribution in [0.4, 0.5) is 24.8 Å². The number of rotatable bonds is 8. The van der Waals surface area contributed by atoms with Gasteiger partial charge in [-0.15, -0.1) is 10.2 Å². The summed E-state index contributed by atoms with van der Waals surface area (Å²) in [5, 5.41) is 30.9. The molecule has 2 N–H and O–H groups in total. The van der Waals surface area contributed by atoms with Crippen LogP contribution in [0.3, 0.4) is 0 Å². The van der Waals surface area contributed by atoms with Crippen molar-refractivity contribution >= 4 is 17.5 Å². The first-order chi connectivity index (χ1) is 22.4. The Balaban J connectivity index is 1.30. The Morgan fingerprint density at radius 3 is 2.57 bits per heavy atom. The third-order valence-electron chi connectivity index (χ3n) is 9.37. The summed E-state index contributed by atoms with van der Waals surface area (Å²) < 4.78 is 45.2. The smallest absolute Gasteiger partial charge is 0.392 e. The van der Waals surface area contributed by atoms with Gasteiger partial charge in [-0.25, -0.2) is 4.98 Å². The van der Waals surface area contributed by atoms with Crippen LogP contribution >= 0.6 is 0 Å². The second kappa shape index (κ2) is 11.5. The normalized spacial score (nSPS) is 17.6. The Labute approximate surface area is 269 Å². The van der Waals surface area contributed by atoms with E-state index in [1.54, 1.807) is 61.3 Å². The number of nitrogens with zero attached hydrogens (tertiary/aromatic N) is 7. The summed E-state index contributed by atoms with van der Waals surface area (Å²) in [4.78, 5) is 22.0. The molecule has 242 valence electrons. The Hall–Kier alpha value is -4.80. The Bertz CT molecular complexity index is 1930. The molecule has 1 saturated carbocycles. The van der Waals surface area contributed by atoms with E-state index in [2.05, 4.69) is 31.5 Å². The number of carbonyl (C=O) groups excluding carboxylic acids is 1. The number of aromatic nitrogens is 4. The number of aliphatic hydroxyl groups excluding tert-OH is 1. The van der Waals surface area contributed by atoms with E-state index in [0.717, 1.165) is 32.4 Å². The van der Waals surface area contributed by atoms with Gasteiger partial charge in [-0.3, -0.25) is 14.6 Å². The molecule has 1 atom stereocenters. The number of benzene rings is 2. The number of carbonyl (C=O) groups is 1. The van der Waals surface area contributed by atoms with E-state index >= 15 is 0 Å². The first-order valence-electron chi connectivity index (χ1n) is 15.5. The Morgan fingerprint density at radius 2 is 1.91 bits per heavy atom. The minimum Gasteiger partial charge on any atom is -0.392 e. The number of hydrogen-bond acceptors (Lipinski definition) is 8. The maximum absolute atomic E-state index is 14.5. The number of anilines is 2. The van der Waals surface area contributed by atoms with Crippen LogP contribution in [0.25, 0.3) is 22.5 Å². The van der Waals surface area contributed by atoms with E-state index < -0.39 is 23.8 Å². The molecule has 0 radical (unpaired) electrons. The zero-order chi connectivity index (χ0) is 33.1. The maximum atomic E-state index is 14.5. The highest BCUT2D eigenvalue weighted by atomic mass is 19.4. The van der Waals surface area contributed by atoms with Gasteiger partial charge in [-0.05, 0) is 103 Å². The Morgan fingerprint density at radius 1 is 1.11 bits per heavy atom. The fraction of sp³-hybridized carbons (Fsp3) is 0.382. The molecular weight excluding hydrogens is 609 g/mol. The third kappa shape index (κ3) is 5.94. The lowest BCUT2D eigenvalue weighted by Crippen LogP contribution is -2.25. The first kappa shape index (κ1) is 30.8. The molecule has 47 heavy (non-hydrogen) atoms. The monoisotopic (exact) mass is 642 g/mol. The van der Waals surface area contributed by atoms with E-state index in [4.69, 9.17) is 0 Å². The van der Waals surface area contributed by atoms with Gasteiger partial charge in [0.25, 0.3) is 5.91 Å². The van der Waals surface area contributed by atoms with Crippen molar-refractivity contribution in [3.63, 3.8) is 0 Å². The van der Waals surface area contributed by atoms with E-state index in [1.807, 2.05) is 0 Å². The molecule has 13 heteroatoms. The number of aliphatic hydroxyl groups is 1. The number of halogens is 3. The zero-order valence-electron chi connectivity index (χ0n) is 26.0. The van der Waals surface area contributed by atoms with Crippen molar-refractivity contribution in [1.82, 2.24) is 24.6 Å². The average Bonchev–Trinajstić information content (AvgIpc) is 3.29. The molecule has 0 bridgehead atoms. The van der Waals surface area contributed by atoms with Crippen molar-refractivity contribution in [1.29, 1.82) is 5.26 Å². The number of fused-ring (bicyclic) bond motifs is 1. The van der Waals surface area contributed by atoms with Crippen molar-refractivity contribution in [2.75, 3.05) is 29.9 Å². The average molecular weight is 643 g/mol. The fourth-order valence-electron chi connectivity index (χ4n) is 6.73. The molecule has 1 aliphatic carbocycles. The topological polar surface area (TPSA) is 123 Å². The maximum Gasteiger partial charge on any atom is 0.416 e. The molecule has 3 aliphatic rings. The van der Waals surface area contributed by atoms with Gasteiger partial charge in [0.05, 0.1) is 29.8 Å². The number of likely N-dealkylation sites (tertiary alicyclic amines) is 1. The highest BCUT2D eigenvalue weighted by molar-refractivity contribution is 6.10. The molecule has 10 nitrogen and oxygen atoms in total. The van der Waals surface area contributed by atoms with Crippen molar-refractivity contribution < 1.29 is 23.1 Å². The lowest BCUT2D eigenvalue weighted by Gasteiger charge is -2.19. The van der Waals surface area contributed by atoms with E-state index in [0.29, 0.717) is 51.4 Å². The summed E-state index contributed by atoms with van der Waals surface area (Å²) in [6.45, 7) is 3.49.